The number of carbonyl (C=O) groups excluding carboxylic acids is 1. The molecule has 0 saturated heterocycles. The molecule has 1 unspecified atom stereocenters. The molecule has 22 heavy (non-hydrogen) atoms. The summed E-state index contributed by atoms with van der Waals surface area (Å²) in [7, 11) is 1.41. The number of hydrogen-bond donors (Lipinski definition) is 2. The van der Waals surface area contributed by atoms with Crippen molar-refractivity contribution < 1.29 is 27.9 Å². The van der Waals surface area contributed by atoms with Crippen molar-refractivity contribution in [1.82, 2.24) is 4.90 Å². The number of aliphatic carboxylic acids is 1. The highest BCUT2D eigenvalue weighted by Crippen LogP contribution is 2.32. The third-order valence-corrected chi connectivity index (χ3v) is 3.10. The van der Waals surface area contributed by atoms with E-state index in [0.717, 1.165) is 17.0 Å². The maximum atomic E-state index is 12.6. The number of carbonyl (C=O) groups is 2. The van der Waals surface area contributed by atoms with Crippen LogP contribution in [-0.4, -0.2) is 35.6 Å². The molecule has 1 aromatic carbocycles. The number of benzene rings is 1. The number of nitrogens with zero attached hydrogens (tertiary/aromatic N) is 1. The number of amides is 2. The van der Waals surface area contributed by atoms with Crippen LogP contribution < -0.4 is 5.32 Å². The quantitative estimate of drug-likeness (QED) is 0.895. The molecule has 1 atom stereocenters. The molecule has 1 rings (SSSR count). The van der Waals surface area contributed by atoms with E-state index in [-0.39, 0.29) is 17.8 Å². The number of urea groups is 1. The molecule has 0 aliphatic rings. The second-order valence-electron chi connectivity index (χ2n) is 5.08. The number of hydrogen-bond acceptors (Lipinski definition) is 2. The fourth-order valence-corrected chi connectivity index (χ4v) is 1.85. The molecule has 5 nitrogen and oxygen atoms in total. The molecule has 2 amide bonds. The minimum Gasteiger partial charge on any atom is -0.481 e. The maximum Gasteiger partial charge on any atom is 0.416 e. The number of halogens is 3. The number of rotatable bonds is 4. The average Bonchev–Trinajstić information content (AvgIpc) is 2.36. The maximum absolute atomic E-state index is 12.6. The molecule has 0 saturated carbocycles. The predicted octanol–water partition coefficient (Wildman–Crippen LogP) is 3.20. The Labute approximate surface area is 125 Å². The summed E-state index contributed by atoms with van der Waals surface area (Å²) in [5, 5.41) is 11.2. The lowest BCUT2D eigenvalue weighted by Crippen LogP contribution is -2.36. The molecular formula is C14H17F3N2O3. The van der Waals surface area contributed by atoms with Gasteiger partial charge in [0.15, 0.2) is 0 Å². The second kappa shape index (κ2) is 6.67. The zero-order chi connectivity index (χ0) is 17.1. The van der Waals surface area contributed by atoms with Crippen molar-refractivity contribution in [3.8, 4) is 0 Å². The first-order valence-electron chi connectivity index (χ1n) is 6.45. The van der Waals surface area contributed by atoms with Crippen LogP contribution in [0.5, 0.6) is 0 Å². The Morgan fingerprint density at radius 1 is 1.36 bits per heavy atom. The van der Waals surface area contributed by atoms with Gasteiger partial charge in [0.1, 0.15) is 0 Å². The first-order valence-corrected chi connectivity index (χ1v) is 6.45. The van der Waals surface area contributed by atoms with Gasteiger partial charge in [0.25, 0.3) is 0 Å². The minimum atomic E-state index is -4.44. The molecule has 0 heterocycles. The number of alkyl halides is 3. The highest BCUT2D eigenvalue weighted by molar-refractivity contribution is 5.89. The Morgan fingerprint density at radius 3 is 2.41 bits per heavy atom. The SMILES string of the molecule is Cc1cc(NC(=O)N(C)CC(C)C(=O)O)ccc1C(F)(F)F. The van der Waals surface area contributed by atoms with Gasteiger partial charge in [-0.1, -0.05) is 6.92 Å². The molecule has 0 aromatic heterocycles. The van der Waals surface area contributed by atoms with Crippen LogP contribution in [0.2, 0.25) is 0 Å². The lowest BCUT2D eigenvalue weighted by atomic mass is 10.1. The van der Waals surface area contributed by atoms with Gasteiger partial charge >= 0.3 is 18.2 Å². The number of carboxylic acid groups (broad SMARTS) is 1. The Morgan fingerprint density at radius 2 is 1.95 bits per heavy atom. The molecular weight excluding hydrogens is 301 g/mol. The Kier molecular flexibility index (Phi) is 5.40. The third-order valence-electron chi connectivity index (χ3n) is 3.10. The molecule has 122 valence electrons. The Bertz CT molecular complexity index is 573. The number of anilines is 1. The number of carboxylic acids is 1. The minimum absolute atomic E-state index is 0.00754. The lowest BCUT2D eigenvalue weighted by Gasteiger charge is -2.20. The highest BCUT2D eigenvalue weighted by Gasteiger charge is 2.32. The van der Waals surface area contributed by atoms with Gasteiger partial charge in [0.2, 0.25) is 0 Å². The molecule has 0 fully saturated rings. The van der Waals surface area contributed by atoms with Crippen molar-refractivity contribution >= 4 is 17.7 Å². The number of aryl methyl sites for hydroxylation is 1. The first kappa shape index (κ1) is 17.8. The van der Waals surface area contributed by atoms with E-state index in [1.807, 2.05) is 0 Å². The van der Waals surface area contributed by atoms with E-state index in [0.29, 0.717) is 0 Å². The van der Waals surface area contributed by atoms with Crippen LogP contribution in [0.4, 0.5) is 23.7 Å². The van der Waals surface area contributed by atoms with Crippen molar-refractivity contribution in [1.29, 1.82) is 0 Å². The van der Waals surface area contributed by atoms with E-state index in [9.17, 15) is 22.8 Å². The van der Waals surface area contributed by atoms with Gasteiger partial charge in [0, 0.05) is 19.3 Å². The summed E-state index contributed by atoms with van der Waals surface area (Å²) < 4.78 is 37.9. The number of nitrogens with one attached hydrogen (secondary N) is 1. The predicted molar refractivity (Wildman–Crippen MR) is 74.6 cm³/mol. The van der Waals surface area contributed by atoms with Crippen LogP contribution in [0.3, 0.4) is 0 Å². The van der Waals surface area contributed by atoms with E-state index >= 15 is 0 Å². The second-order valence-corrected chi connectivity index (χ2v) is 5.08. The summed E-state index contributed by atoms with van der Waals surface area (Å²) in [5.74, 6) is -1.78. The van der Waals surface area contributed by atoms with E-state index in [1.54, 1.807) is 0 Å². The standard InChI is InChI=1S/C14H17F3N2O3/c1-8-6-10(4-5-11(8)14(15,16)17)18-13(22)19(3)7-9(2)12(20)21/h4-6,9H,7H2,1-3H3,(H,18,22)(H,20,21). The van der Waals surface area contributed by atoms with E-state index < -0.39 is 29.7 Å². The molecule has 2 N–H and O–H groups in total. The van der Waals surface area contributed by atoms with Crippen molar-refractivity contribution in [3.05, 3.63) is 29.3 Å². The molecule has 0 aliphatic heterocycles. The zero-order valence-corrected chi connectivity index (χ0v) is 12.4. The summed E-state index contributed by atoms with van der Waals surface area (Å²) in [5.41, 5.74) is -0.560. The van der Waals surface area contributed by atoms with Crippen LogP contribution in [0, 0.1) is 12.8 Å². The average molecular weight is 318 g/mol. The van der Waals surface area contributed by atoms with E-state index in [1.165, 1.54) is 27.0 Å². The fourth-order valence-electron chi connectivity index (χ4n) is 1.85. The van der Waals surface area contributed by atoms with E-state index in [4.69, 9.17) is 5.11 Å². The Hall–Kier alpha value is -2.25. The van der Waals surface area contributed by atoms with Crippen molar-refractivity contribution in [3.63, 3.8) is 0 Å². The van der Waals surface area contributed by atoms with Gasteiger partial charge in [-0.25, -0.2) is 4.79 Å². The van der Waals surface area contributed by atoms with Gasteiger partial charge in [-0.3, -0.25) is 4.79 Å². The fraction of sp³-hybridized carbons (Fsp3) is 0.429. The molecule has 0 spiro atoms. The van der Waals surface area contributed by atoms with Gasteiger partial charge in [0.05, 0.1) is 11.5 Å². The van der Waals surface area contributed by atoms with Crippen LogP contribution in [0.15, 0.2) is 18.2 Å². The topological polar surface area (TPSA) is 69.6 Å². The van der Waals surface area contributed by atoms with Gasteiger partial charge in [-0.2, -0.15) is 13.2 Å². The Balaban J connectivity index is 2.77. The van der Waals surface area contributed by atoms with Crippen LogP contribution in [-0.2, 0) is 11.0 Å². The molecule has 0 bridgehead atoms. The van der Waals surface area contributed by atoms with Crippen molar-refractivity contribution in [2.75, 3.05) is 18.9 Å². The van der Waals surface area contributed by atoms with Gasteiger partial charge in [-0.05, 0) is 30.7 Å². The van der Waals surface area contributed by atoms with Crippen LogP contribution in [0.25, 0.3) is 0 Å². The molecule has 1 aromatic rings. The van der Waals surface area contributed by atoms with Gasteiger partial charge in [-0.15, -0.1) is 0 Å². The summed E-state index contributed by atoms with van der Waals surface area (Å²) in [6.45, 7) is 2.74. The van der Waals surface area contributed by atoms with E-state index in [2.05, 4.69) is 5.32 Å². The van der Waals surface area contributed by atoms with Crippen LogP contribution >= 0.6 is 0 Å². The molecule has 8 heteroatoms. The smallest absolute Gasteiger partial charge is 0.416 e. The highest BCUT2D eigenvalue weighted by atomic mass is 19.4. The monoisotopic (exact) mass is 318 g/mol. The van der Waals surface area contributed by atoms with Crippen molar-refractivity contribution in [2.45, 2.75) is 20.0 Å². The van der Waals surface area contributed by atoms with Crippen molar-refractivity contribution in [2.24, 2.45) is 5.92 Å². The summed E-state index contributed by atoms with van der Waals surface area (Å²) >= 11 is 0. The summed E-state index contributed by atoms with van der Waals surface area (Å²) in [6.07, 6.45) is -4.44. The first-order chi connectivity index (χ1) is 10.0. The largest absolute Gasteiger partial charge is 0.481 e. The van der Waals surface area contributed by atoms with Gasteiger partial charge < -0.3 is 15.3 Å². The third kappa shape index (κ3) is 4.64. The zero-order valence-electron chi connectivity index (χ0n) is 12.4. The molecule has 0 aliphatic carbocycles. The van der Waals surface area contributed by atoms with Crippen LogP contribution in [0.1, 0.15) is 18.1 Å². The normalized spacial score (nSPS) is 12.6. The lowest BCUT2D eigenvalue weighted by molar-refractivity contribution is -0.141. The molecule has 0 radical (unpaired) electrons. The summed E-state index contributed by atoms with van der Waals surface area (Å²) in [6, 6.07) is 2.68. The summed E-state index contributed by atoms with van der Waals surface area (Å²) in [4.78, 5) is 23.7.